The van der Waals surface area contributed by atoms with Crippen LogP contribution in [0.1, 0.15) is 36.5 Å². The van der Waals surface area contributed by atoms with Gasteiger partial charge in [0, 0.05) is 20.5 Å². The molecule has 1 N–H and O–H groups in total. The third kappa shape index (κ3) is 6.00. The molecule has 0 saturated carbocycles. The first kappa shape index (κ1) is 17.2. The van der Waals surface area contributed by atoms with Crippen LogP contribution in [0.15, 0.2) is 22.7 Å². The van der Waals surface area contributed by atoms with E-state index in [9.17, 15) is 4.79 Å². The molecule has 0 aromatic heterocycles. The van der Waals surface area contributed by atoms with Crippen LogP contribution in [0, 0.1) is 9.49 Å². The predicted octanol–water partition coefficient (Wildman–Crippen LogP) is 4.83. The van der Waals surface area contributed by atoms with Crippen molar-refractivity contribution in [2.75, 3.05) is 12.4 Å². The standard InChI is InChI=1S/C14H18BrClINO/c1-2-3-10(6-7-16)9-18-14(19)12-8-11(15)4-5-13(12)17/h4-5,8,10H,2-3,6-7,9H2,1H3,(H,18,19). The third-order valence-electron chi connectivity index (χ3n) is 2.94. The summed E-state index contributed by atoms with van der Waals surface area (Å²) in [5.41, 5.74) is 0.719. The van der Waals surface area contributed by atoms with E-state index in [1.54, 1.807) is 0 Å². The van der Waals surface area contributed by atoms with Gasteiger partial charge in [0.2, 0.25) is 0 Å². The Balaban J connectivity index is 2.61. The van der Waals surface area contributed by atoms with Gasteiger partial charge in [0.25, 0.3) is 5.91 Å². The molecule has 1 amide bonds. The molecule has 0 saturated heterocycles. The van der Waals surface area contributed by atoms with E-state index in [4.69, 9.17) is 11.6 Å². The molecule has 1 atom stereocenters. The summed E-state index contributed by atoms with van der Waals surface area (Å²) >= 11 is 11.4. The second-order valence-electron chi connectivity index (χ2n) is 4.47. The van der Waals surface area contributed by atoms with Crippen LogP contribution in [0.5, 0.6) is 0 Å². The Bertz CT molecular complexity index is 422. The molecule has 0 fully saturated rings. The second-order valence-corrected chi connectivity index (χ2v) is 6.92. The molecule has 1 unspecified atom stereocenters. The summed E-state index contributed by atoms with van der Waals surface area (Å²) < 4.78 is 1.88. The quantitative estimate of drug-likeness (QED) is 0.460. The molecule has 0 spiro atoms. The Hall–Kier alpha value is 0.190. The second kappa shape index (κ2) is 9.19. The fraction of sp³-hybridized carbons (Fsp3) is 0.500. The number of alkyl halides is 1. The molecule has 106 valence electrons. The van der Waals surface area contributed by atoms with E-state index in [2.05, 4.69) is 50.8 Å². The minimum absolute atomic E-state index is 0.0126. The van der Waals surface area contributed by atoms with Gasteiger partial charge >= 0.3 is 0 Å². The highest BCUT2D eigenvalue weighted by atomic mass is 127. The van der Waals surface area contributed by atoms with Crippen molar-refractivity contribution in [3.05, 3.63) is 31.8 Å². The Kier molecular flexibility index (Phi) is 8.34. The van der Waals surface area contributed by atoms with Crippen LogP contribution in [0.4, 0.5) is 0 Å². The number of hydrogen-bond donors (Lipinski definition) is 1. The van der Waals surface area contributed by atoms with Crippen molar-refractivity contribution in [2.24, 2.45) is 5.92 Å². The molecule has 1 rings (SSSR count). The van der Waals surface area contributed by atoms with Gasteiger partial charge in [-0.15, -0.1) is 11.6 Å². The van der Waals surface area contributed by atoms with Crippen LogP contribution in [0.2, 0.25) is 0 Å². The Morgan fingerprint density at radius 1 is 1.47 bits per heavy atom. The van der Waals surface area contributed by atoms with Crippen molar-refractivity contribution < 1.29 is 4.79 Å². The van der Waals surface area contributed by atoms with E-state index in [1.807, 2.05) is 18.2 Å². The topological polar surface area (TPSA) is 29.1 Å². The summed E-state index contributed by atoms with van der Waals surface area (Å²) in [6.07, 6.45) is 3.17. The highest BCUT2D eigenvalue weighted by Crippen LogP contribution is 2.18. The minimum Gasteiger partial charge on any atom is -0.352 e. The monoisotopic (exact) mass is 457 g/mol. The highest BCUT2D eigenvalue weighted by molar-refractivity contribution is 14.1. The van der Waals surface area contributed by atoms with Gasteiger partial charge in [-0.05, 0) is 59.5 Å². The zero-order valence-corrected chi connectivity index (χ0v) is 15.4. The van der Waals surface area contributed by atoms with Gasteiger partial charge in [0.15, 0.2) is 0 Å². The molecule has 5 heteroatoms. The van der Waals surface area contributed by atoms with E-state index in [0.29, 0.717) is 18.3 Å². The molecular formula is C14H18BrClINO. The number of halogens is 3. The van der Waals surface area contributed by atoms with Crippen LogP contribution >= 0.6 is 50.1 Å². The number of benzene rings is 1. The fourth-order valence-corrected chi connectivity index (χ4v) is 3.16. The van der Waals surface area contributed by atoms with Gasteiger partial charge in [0.1, 0.15) is 0 Å². The molecule has 0 aliphatic heterocycles. The molecule has 0 bridgehead atoms. The SMILES string of the molecule is CCCC(CCCl)CNC(=O)c1cc(Br)ccc1I. The molecule has 0 aliphatic rings. The summed E-state index contributed by atoms with van der Waals surface area (Å²) in [5.74, 6) is 1.10. The summed E-state index contributed by atoms with van der Waals surface area (Å²) in [6.45, 7) is 2.85. The Morgan fingerprint density at radius 3 is 2.84 bits per heavy atom. The van der Waals surface area contributed by atoms with Gasteiger partial charge in [0.05, 0.1) is 5.56 Å². The summed E-state index contributed by atoms with van der Waals surface area (Å²) in [7, 11) is 0. The fourth-order valence-electron chi connectivity index (χ4n) is 1.91. The smallest absolute Gasteiger partial charge is 0.252 e. The minimum atomic E-state index is -0.0126. The first-order chi connectivity index (χ1) is 9.08. The van der Waals surface area contributed by atoms with Crippen molar-refractivity contribution in [2.45, 2.75) is 26.2 Å². The first-order valence-corrected chi connectivity index (χ1v) is 8.78. The zero-order valence-electron chi connectivity index (χ0n) is 10.9. The number of carbonyl (C=O) groups is 1. The number of hydrogen-bond acceptors (Lipinski definition) is 1. The van der Waals surface area contributed by atoms with E-state index in [1.165, 1.54) is 0 Å². The van der Waals surface area contributed by atoms with Gasteiger partial charge in [-0.1, -0.05) is 29.3 Å². The predicted molar refractivity (Wildman–Crippen MR) is 92.9 cm³/mol. The Morgan fingerprint density at radius 2 is 2.21 bits per heavy atom. The lowest BCUT2D eigenvalue weighted by Crippen LogP contribution is -2.30. The largest absolute Gasteiger partial charge is 0.352 e. The third-order valence-corrected chi connectivity index (χ3v) is 4.59. The molecule has 0 heterocycles. The lowest BCUT2D eigenvalue weighted by molar-refractivity contribution is 0.0945. The van der Waals surface area contributed by atoms with Crippen molar-refractivity contribution in [1.82, 2.24) is 5.32 Å². The number of rotatable bonds is 7. The van der Waals surface area contributed by atoms with E-state index in [-0.39, 0.29) is 5.91 Å². The molecule has 0 radical (unpaired) electrons. The number of amides is 1. The molecular weight excluding hydrogens is 440 g/mol. The maximum atomic E-state index is 12.2. The summed E-state index contributed by atoms with van der Waals surface area (Å²) in [5, 5.41) is 3.01. The lowest BCUT2D eigenvalue weighted by Gasteiger charge is -2.16. The van der Waals surface area contributed by atoms with Gasteiger partial charge in [-0.3, -0.25) is 4.79 Å². The molecule has 1 aromatic rings. The molecule has 1 aromatic carbocycles. The van der Waals surface area contributed by atoms with Crippen molar-refractivity contribution in [3.8, 4) is 0 Å². The average molecular weight is 459 g/mol. The van der Waals surface area contributed by atoms with Crippen molar-refractivity contribution >= 4 is 56.0 Å². The molecule has 19 heavy (non-hydrogen) atoms. The maximum Gasteiger partial charge on any atom is 0.252 e. The average Bonchev–Trinajstić information content (AvgIpc) is 2.39. The van der Waals surface area contributed by atoms with Crippen molar-refractivity contribution in [1.29, 1.82) is 0 Å². The van der Waals surface area contributed by atoms with Crippen LogP contribution in [0.3, 0.4) is 0 Å². The zero-order chi connectivity index (χ0) is 14.3. The number of carbonyl (C=O) groups excluding carboxylic acids is 1. The summed E-state index contributed by atoms with van der Waals surface area (Å²) in [6, 6.07) is 5.72. The lowest BCUT2D eigenvalue weighted by atomic mass is 10.0. The van der Waals surface area contributed by atoms with Crippen LogP contribution in [0.25, 0.3) is 0 Å². The van der Waals surface area contributed by atoms with Gasteiger partial charge < -0.3 is 5.32 Å². The molecule has 2 nitrogen and oxygen atoms in total. The van der Waals surface area contributed by atoms with Crippen LogP contribution < -0.4 is 5.32 Å². The summed E-state index contributed by atoms with van der Waals surface area (Å²) in [4.78, 5) is 12.2. The Labute approximate surface area is 141 Å². The van der Waals surface area contributed by atoms with Crippen LogP contribution in [-0.4, -0.2) is 18.3 Å². The van der Waals surface area contributed by atoms with E-state index in [0.717, 1.165) is 32.9 Å². The van der Waals surface area contributed by atoms with E-state index < -0.39 is 0 Å². The first-order valence-electron chi connectivity index (χ1n) is 6.37. The normalized spacial score (nSPS) is 12.2. The van der Waals surface area contributed by atoms with Gasteiger partial charge in [-0.2, -0.15) is 0 Å². The van der Waals surface area contributed by atoms with Gasteiger partial charge in [-0.25, -0.2) is 0 Å². The van der Waals surface area contributed by atoms with E-state index >= 15 is 0 Å². The maximum absolute atomic E-state index is 12.2. The molecule has 0 aliphatic carbocycles. The van der Waals surface area contributed by atoms with Crippen molar-refractivity contribution in [3.63, 3.8) is 0 Å². The number of nitrogens with one attached hydrogen (secondary N) is 1. The van der Waals surface area contributed by atoms with Crippen LogP contribution in [-0.2, 0) is 0 Å². The highest BCUT2D eigenvalue weighted by Gasteiger charge is 2.13.